The summed E-state index contributed by atoms with van der Waals surface area (Å²) in [6, 6.07) is 4.57. The number of anilines is 1. The van der Waals surface area contributed by atoms with Gasteiger partial charge in [-0.25, -0.2) is 23.6 Å². The SMILES string of the molecule is Cc1cc2c(C(=O)Nc3nn(-c4ncccc4F)cc3C)nccn2n1. The summed E-state index contributed by atoms with van der Waals surface area (Å²) in [5, 5.41) is 11.2. The molecular formula is C17H14FN7O. The molecule has 130 valence electrons. The molecule has 0 saturated carbocycles. The Morgan fingerprint density at radius 1 is 1.19 bits per heavy atom. The summed E-state index contributed by atoms with van der Waals surface area (Å²) < 4.78 is 16.8. The molecule has 1 amide bonds. The molecule has 0 atom stereocenters. The van der Waals surface area contributed by atoms with E-state index in [1.54, 1.807) is 29.9 Å². The summed E-state index contributed by atoms with van der Waals surface area (Å²) in [6.45, 7) is 3.60. The van der Waals surface area contributed by atoms with Crippen molar-refractivity contribution >= 4 is 17.2 Å². The van der Waals surface area contributed by atoms with Crippen molar-refractivity contribution in [2.45, 2.75) is 13.8 Å². The van der Waals surface area contributed by atoms with E-state index in [4.69, 9.17) is 0 Å². The lowest BCUT2D eigenvalue weighted by Crippen LogP contribution is -2.16. The number of aryl methyl sites for hydroxylation is 2. The van der Waals surface area contributed by atoms with Gasteiger partial charge in [0.1, 0.15) is 0 Å². The molecular weight excluding hydrogens is 337 g/mol. The fraction of sp³-hybridized carbons (Fsp3) is 0.118. The first kappa shape index (κ1) is 15.9. The molecule has 0 spiro atoms. The van der Waals surface area contributed by atoms with Crippen molar-refractivity contribution in [1.29, 1.82) is 0 Å². The molecule has 0 bridgehead atoms. The summed E-state index contributed by atoms with van der Waals surface area (Å²) in [7, 11) is 0. The van der Waals surface area contributed by atoms with Crippen molar-refractivity contribution in [3.8, 4) is 5.82 Å². The largest absolute Gasteiger partial charge is 0.303 e. The minimum Gasteiger partial charge on any atom is -0.303 e. The van der Waals surface area contributed by atoms with Crippen molar-refractivity contribution in [3.05, 3.63) is 65.8 Å². The summed E-state index contributed by atoms with van der Waals surface area (Å²) >= 11 is 0. The normalized spacial score (nSPS) is 11.0. The van der Waals surface area contributed by atoms with Crippen LogP contribution in [-0.2, 0) is 0 Å². The summed E-state index contributed by atoms with van der Waals surface area (Å²) in [6.07, 6.45) is 6.24. The summed E-state index contributed by atoms with van der Waals surface area (Å²) in [5.41, 5.74) is 2.26. The summed E-state index contributed by atoms with van der Waals surface area (Å²) in [4.78, 5) is 20.8. The highest BCUT2D eigenvalue weighted by atomic mass is 19.1. The average molecular weight is 351 g/mol. The van der Waals surface area contributed by atoms with Crippen LogP contribution in [0.2, 0.25) is 0 Å². The molecule has 0 saturated heterocycles. The fourth-order valence-electron chi connectivity index (χ4n) is 2.62. The van der Waals surface area contributed by atoms with Gasteiger partial charge in [0.25, 0.3) is 5.91 Å². The number of carbonyl (C=O) groups is 1. The van der Waals surface area contributed by atoms with E-state index in [0.717, 1.165) is 5.69 Å². The van der Waals surface area contributed by atoms with E-state index in [1.807, 2.05) is 6.92 Å². The van der Waals surface area contributed by atoms with Crippen molar-refractivity contribution < 1.29 is 9.18 Å². The van der Waals surface area contributed by atoms with Crippen LogP contribution in [0.15, 0.2) is 43.0 Å². The van der Waals surface area contributed by atoms with Gasteiger partial charge in [-0.05, 0) is 32.0 Å². The van der Waals surface area contributed by atoms with E-state index >= 15 is 0 Å². The van der Waals surface area contributed by atoms with Crippen LogP contribution in [-0.4, -0.2) is 35.3 Å². The lowest BCUT2D eigenvalue weighted by atomic mass is 10.3. The zero-order chi connectivity index (χ0) is 18.3. The van der Waals surface area contributed by atoms with E-state index in [-0.39, 0.29) is 11.5 Å². The predicted molar refractivity (Wildman–Crippen MR) is 91.7 cm³/mol. The van der Waals surface area contributed by atoms with Gasteiger partial charge in [0.2, 0.25) is 0 Å². The highest BCUT2D eigenvalue weighted by Crippen LogP contribution is 2.18. The van der Waals surface area contributed by atoms with Gasteiger partial charge in [-0.3, -0.25) is 4.79 Å². The van der Waals surface area contributed by atoms with Crippen LogP contribution in [0.4, 0.5) is 10.2 Å². The van der Waals surface area contributed by atoms with E-state index < -0.39 is 11.7 Å². The molecule has 4 aromatic rings. The second-order valence-electron chi connectivity index (χ2n) is 5.76. The monoisotopic (exact) mass is 351 g/mol. The second-order valence-corrected chi connectivity index (χ2v) is 5.76. The number of fused-ring (bicyclic) bond motifs is 1. The van der Waals surface area contributed by atoms with Crippen LogP contribution in [0.3, 0.4) is 0 Å². The maximum Gasteiger partial charge on any atom is 0.277 e. The maximum absolute atomic E-state index is 13.9. The Bertz CT molecular complexity index is 1130. The van der Waals surface area contributed by atoms with Gasteiger partial charge in [0.05, 0.1) is 11.2 Å². The second kappa shape index (κ2) is 6.03. The zero-order valence-corrected chi connectivity index (χ0v) is 14.0. The van der Waals surface area contributed by atoms with Crippen LogP contribution in [0.5, 0.6) is 0 Å². The van der Waals surface area contributed by atoms with E-state index in [0.29, 0.717) is 16.9 Å². The smallest absolute Gasteiger partial charge is 0.277 e. The zero-order valence-electron chi connectivity index (χ0n) is 14.0. The van der Waals surface area contributed by atoms with E-state index in [2.05, 4.69) is 25.5 Å². The first-order valence-electron chi connectivity index (χ1n) is 7.82. The molecule has 0 aliphatic carbocycles. The Balaban J connectivity index is 1.67. The number of aromatic nitrogens is 6. The highest BCUT2D eigenvalue weighted by molar-refractivity contribution is 6.07. The first-order valence-corrected chi connectivity index (χ1v) is 7.82. The van der Waals surface area contributed by atoms with Gasteiger partial charge < -0.3 is 5.32 Å². The van der Waals surface area contributed by atoms with Gasteiger partial charge in [0, 0.05) is 30.4 Å². The Hall–Kier alpha value is -3.62. The van der Waals surface area contributed by atoms with Crippen LogP contribution in [0.1, 0.15) is 21.7 Å². The predicted octanol–water partition coefficient (Wildman–Crippen LogP) is 2.32. The molecule has 9 heteroatoms. The van der Waals surface area contributed by atoms with Crippen LogP contribution in [0.25, 0.3) is 11.3 Å². The maximum atomic E-state index is 13.9. The third-order valence-electron chi connectivity index (χ3n) is 3.81. The van der Waals surface area contributed by atoms with E-state index in [9.17, 15) is 9.18 Å². The minimum atomic E-state index is -0.506. The van der Waals surface area contributed by atoms with Crippen molar-refractivity contribution in [2.75, 3.05) is 5.32 Å². The molecule has 0 aliphatic rings. The van der Waals surface area contributed by atoms with Crippen molar-refractivity contribution in [2.24, 2.45) is 0 Å². The molecule has 0 aliphatic heterocycles. The molecule has 0 fully saturated rings. The third kappa shape index (κ3) is 2.69. The molecule has 0 radical (unpaired) electrons. The lowest BCUT2D eigenvalue weighted by molar-refractivity contribution is 0.102. The number of rotatable bonds is 3. The number of amides is 1. The highest BCUT2D eigenvalue weighted by Gasteiger charge is 2.17. The molecule has 26 heavy (non-hydrogen) atoms. The number of carbonyl (C=O) groups excluding carboxylic acids is 1. The Morgan fingerprint density at radius 3 is 2.85 bits per heavy atom. The van der Waals surface area contributed by atoms with Gasteiger partial charge >= 0.3 is 0 Å². The Kier molecular flexibility index (Phi) is 3.68. The van der Waals surface area contributed by atoms with Gasteiger partial charge in [-0.15, -0.1) is 5.10 Å². The Labute approximate surface area is 147 Å². The molecule has 0 unspecified atom stereocenters. The van der Waals surface area contributed by atoms with Gasteiger partial charge in [0.15, 0.2) is 23.1 Å². The molecule has 4 aromatic heterocycles. The average Bonchev–Trinajstić information content (AvgIpc) is 3.16. The molecule has 4 heterocycles. The number of halogens is 1. The summed E-state index contributed by atoms with van der Waals surface area (Å²) in [5.74, 6) is -0.567. The number of pyridine rings is 1. The topological polar surface area (TPSA) is 90.0 Å². The minimum absolute atomic E-state index is 0.0581. The fourth-order valence-corrected chi connectivity index (χ4v) is 2.62. The number of hydrogen-bond donors (Lipinski definition) is 1. The standard InChI is InChI=1S/C17H14FN7O/c1-10-9-25(16-12(18)4-3-5-20-16)23-15(10)21-17(26)14-13-8-11(2)22-24(13)7-6-19-14/h3-9H,1-2H3,(H,21,23,26). The van der Waals surface area contributed by atoms with Crippen LogP contribution in [0, 0.1) is 19.7 Å². The van der Waals surface area contributed by atoms with Crippen LogP contribution < -0.4 is 5.32 Å². The number of nitrogens with zero attached hydrogens (tertiary/aromatic N) is 6. The quantitative estimate of drug-likeness (QED) is 0.612. The molecule has 8 nitrogen and oxygen atoms in total. The van der Waals surface area contributed by atoms with Gasteiger partial charge in [-0.1, -0.05) is 0 Å². The first-order chi connectivity index (χ1) is 12.5. The lowest BCUT2D eigenvalue weighted by Gasteiger charge is -2.04. The third-order valence-corrected chi connectivity index (χ3v) is 3.81. The molecule has 4 rings (SSSR count). The van der Waals surface area contributed by atoms with E-state index in [1.165, 1.54) is 29.2 Å². The molecule has 1 N–H and O–H groups in total. The van der Waals surface area contributed by atoms with Crippen molar-refractivity contribution in [1.82, 2.24) is 29.4 Å². The number of nitrogens with one attached hydrogen (secondary N) is 1. The molecule has 0 aromatic carbocycles. The van der Waals surface area contributed by atoms with Crippen molar-refractivity contribution in [3.63, 3.8) is 0 Å². The number of hydrogen-bond acceptors (Lipinski definition) is 5. The van der Waals surface area contributed by atoms with Crippen LogP contribution >= 0.6 is 0 Å². The Morgan fingerprint density at radius 2 is 2.04 bits per heavy atom. The van der Waals surface area contributed by atoms with Gasteiger partial charge in [-0.2, -0.15) is 5.10 Å².